The van der Waals surface area contributed by atoms with E-state index in [2.05, 4.69) is 0 Å². The topological polar surface area (TPSA) is 35.5 Å². The van der Waals surface area contributed by atoms with Crippen molar-refractivity contribution in [1.29, 1.82) is 0 Å². The first kappa shape index (κ1) is 13.1. The van der Waals surface area contributed by atoms with Gasteiger partial charge in [0.05, 0.1) is 6.61 Å². The Bertz CT molecular complexity index is 412. The van der Waals surface area contributed by atoms with E-state index in [9.17, 15) is 4.79 Å². The smallest absolute Gasteiger partial charge is 0.163 e. The number of methoxy groups -OCH3 is 1. The number of Topliss-reactive ketones (excluding diaryl/α,β-unsaturated/α-hetero) is 1. The highest BCUT2D eigenvalue weighted by Gasteiger charge is 2.19. The zero-order valence-electron chi connectivity index (χ0n) is 10.9. The summed E-state index contributed by atoms with van der Waals surface area (Å²) in [5, 5.41) is 0. The van der Waals surface area contributed by atoms with Crippen LogP contribution in [0, 0.1) is 0 Å². The van der Waals surface area contributed by atoms with Crippen LogP contribution in [0.4, 0.5) is 0 Å². The second-order valence-corrected chi connectivity index (χ2v) is 4.61. The van der Waals surface area contributed by atoms with Crippen LogP contribution in [0.5, 0.6) is 5.75 Å². The lowest BCUT2D eigenvalue weighted by Crippen LogP contribution is -2.12. The summed E-state index contributed by atoms with van der Waals surface area (Å²) in [7, 11) is 1.71. The third kappa shape index (κ3) is 3.10. The molecule has 0 aromatic heterocycles. The molecule has 0 spiro atoms. The van der Waals surface area contributed by atoms with Gasteiger partial charge < -0.3 is 9.47 Å². The first-order valence-corrected chi connectivity index (χ1v) is 6.59. The predicted molar refractivity (Wildman–Crippen MR) is 70.3 cm³/mol. The van der Waals surface area contributed by atoms with Gasteiger partial charge in [-0.2, -0.15) is 0 Å². The fourth-order valence-corrected chi connectivity index (χ4v) is 2.31. The Morgan fingerprint density at radius 1 is 1.17 bits per heavy atom. The van der Waals surface area contributed by atoms with Gasteiger partial charge >= 0.3 is 0 Å². The molecule has 0 unspecified atom stereocenters. The molecule has 0 heterocycles. The molecular weight excluding hydrogens is 228 g/mol. The van der Waals surface area contributed by atoms with E-state index in [-0.39, 0.29) is 5.78 Å². The molecule has 2 rings (SSSR count). The van der Waals surface area contributed by atoms with Crippen LogP contribution in [0.15, 0.2) is 18.2 Å². The summed E-state index contributed by atoms with van der Waals surface area (Å²) in [5.74, 6) is 1.14. The minimum absolute atomic E-state index is 0.251. The van der Waals surface area contributed by atoms with Crippen molar-refractivity contribution in [2.75, 3.05) is 20.3 Å². The van der Waals surface area contributed by atoms with E-state index >= 15 is 0 Å². The molecule has 0 radical (unpaired) electrons. The van der Waals surface area contributed by atoms with Crippen LogP contribution >= 0.6 is 0 Å². The third-order valence-electron chi connectivity index (χ3n) is 3.26. The number of ketones is 1. The molecule has 0 amide bonds. The number of hydrogen-bond donors (Lipinski definition) is 0. The molecule has 0 atom stereocenters. The van der Waals surface area contributed by atoms with Crippen LogP contribution in [-0.2, 0) is 11.2 Å². The van der Waals surface area contributed by atoms with Gasteiger partial charge in [-0.05, 0) is 31.7 Å². The lowest BCUT2D eigenvalue weighted by Gasteiger charge is -2.18. The first-order valence-electron chi connectivity index (χ1n) is 6.59. The fraction of sp³-hybridized carbons (Fsp3) is 0.533. The van der Waals surface area contributed by atoms with Gasteiger partial charge in [0.15, 0.2) is 5.78 Å². The van der Waals surface area contributed by atoms with Crippen molar-refractivity contribution in [3.05, 3.63) is 29.3 Å². The van der Waals surface area contributed by atoms with Crippen LogP contribution in [0.25, 0.3) is 0 Å². The van der Waals surface area contributed by atoms with Crippen molar-refractivity contribution in [3.63, 3.8) is 0 Å². The number of unbranched alkanes of at least 4 members (excludes halogenated alkanes) is 1. The van der Waals surface area contributed by atoms with Gasteiger partial charge in [-0.3, -0.25) is 4.79 Å². The molecule has 1 aromatic carbocycles. The number of carbonyl (C=O) groups excluding carboxylic acids is 1. The molecule has 0 N–H and O–H groups in total. The van der Waals surface area contributed by atoms with Gasteiger partial charge in [0, 0.05) is 31.3 Å². The fourth-order valence-electron chi connectivity index (χ4n) is 2.31. The average molecular weight is 248 g/mol. The normalized spacial score (nSPS) is 14.4. The summed E-state index contributed by atoms with van der Waals surface area (Å²) in [6.45, 7) is 1.46. The average Bonchev–Trinajstić information content (AvgIpc) is 2.39. The molecule has 18 heavy (non-hydrogen) atoms. The highest BCUT2D eigenvalue weighted by atomic mass is 16.5. The molecule has 98 valence electrons. The van der Waals surface area contributed by atoms with Crippen molar-refractivity contribution in [2.24, 2.45) is 0 Å². The predicted octanol–water partition coefficient (Wildman–Crippen LogP) is 3.01. The van der Waals surface area contributed by atoms with E-state index in [4.69, 9.17) is 9.47 Å². The van der Waals surface area contributed by atoms with Crippen LogP contribution in [0.3, 0.4) is 0 Å². The molecule has 1 aromatic rings. The largest absolute Gasteiger partial charge is 0.493 e. The lowest BCUT2D eigenvalue weighted by molar-refractivity contribution is 0.0971. The maximum atomic E-state index is 11.8. The van der Waals surface area contributed by atoms with Gasteiger partial charge in [0.25, 0.3) is 0 Å². The zero-order valence-corrected chi connectivity index (χ0v) is 10.9. The second-order valence-electron chi connectivity index (χ2n) is 4.61. The maximum absolute atomic E-state index is 11.8. The van der Waals surface area contributed by atoms with E-state index in [1.807, 2.05) is 18.2 Å². The van der Waals surface area contributed by atoms with Crippen LogP contribution in [0.1, 0.15) is 41.6 Å². The van der Waals surface area contributed by atoms with Gasteiger partial charge in [-0.15, -0.1) is 0 Å². The quantitative estimate of drug-likeness (QED) is 0.726. The Morgan fingerprint density at radius 2 is 2.00 bits per heavy atom. The molecule has 0 bridgehead atoms. The Balaban J connectivity index is 1.96. The highest BCUT2D eigenvalue weighted by Crippen LogP contribution is 2.29. The lowest BCUT2D eigenvalue weighted by atomic mass is 9.90. The Labute approximate surface area is 108 Å². The zero-order chi connectivity index (χ0) is 12.8. The van der Waals surface area contributed by atoms with E-state index in [0.29, 0.717) is 13.0 Å². The van der Waals surface area contributed by atoms with Gasteiger partial charge in [-0.25, -0.2) is 0 Å². The SMILES string of the molecule is COCCCCOc1cccc2c1CCCC2=O. The molecule has 0 aliphatic heterocycles. The summed E-state index contributed by atoms with van der Waals surface area (Å²) in [6, 6.07) is 5.79. The van der Waals surface area contributed by atoms with Crippen molar-refractivity contribution in [1.82, 2.24) is 0 Å². The molecular formula is C15H20O3. The summed E-state index contributed by atoms with van der Waals surface area (Å²) in [4.78, 5) is 11.8. The number of carbonyl (C=O) groups is 1. The van der Waals surface area contributed by atoms with Crippen LogP contribution < -0.4 is 4.74 Å². The van der Waals surface area contributed by atoms with Crippen LogP contribution in [0.2, 0.25) is 0 Å². The monoisotopic (exact) mass is 248 g/mol. The molecule has 1 aliphatic rings. The Morgan fingerprint density at radius 3 is 2.83 bits per heavy atom. The summed E-state index contributed by atoms with van der Waals surface area (Å²) in [5.41, 5.74) is 1.95. The van der Waals surface area contributed by atoms with Crippen molar-refractivity contribution < 1.29 is 14.3 Å². The van der Waals surface area contributed by atoms with Gasteiger partial charge in [0.1, 0.15) is 5.75 Å². The third-order valence-corrected chi connectivity index (χ3v) is 3.26. The van der Waals surface area contributed by atoms with Gasteiger partial charge in [0.2, 0.25) is 0 Å². The molecule has 0 saturated carbocycles. The van der Waals surface area contributed by atoms with Crippen LogP contribution in [-0.4, -0.2) is 26.1 Å². The minimum Gasteiger partial charge on any atom is -0.493 e. The Hall–Kier alpha value is -1.35. The van der Waals surface area contributed by atoms with Crippen molar-refractivity contribution >= 4 is 5.78 Å². The van der Waals surface area contributed by atoms with E-state index in [0.717, 1.165) is 49.2 Å². The number of rotatable bonds is 6. The second kappa shape index (κ2) is 6.55. The van der Waals surface area contributed by atoms with E-state index in [1.54, 1.807) is 7.11 Å². The highest BCUT2D eigenvalue weighted by molar-refractivity contribution is 5.99. The molecule has 3 nitrogen and oxygen atoms in total. The maximum Gasteiger partial charge on any atom is 0.163 e. The summed E-state index contributed by atoms with van der Waals surface area (Å²) in [6.07, 6.45) is 4.55. The molecule has 0 fully saturated rings. The van der Waals surface area contributed by atoms with E-state index in [1.165, 1.54) is 0 Å². The number of benzene rings is 1. The molecule has 3 heteroatoms. The molecule has 0 saturated heterocycles. The first-order chi connectivity index (χ1) is 8.83. The summed E-state index contributed by atoms with van der Waals surface area (Å²) >= 11 is 0. The number of fused-ring (bicyclic) bond motifs is 1. The summed E-state index contributed by atoms with van der Waals surface area (Å²) < 4.78 is 10.8. The van der Waals surface area contributed by atoms with E-state index < -0.39 is 0 Å². The van der Waals surface area contributed by atoms with Gasteiger partial charge in [-0.1, -0.05) is 12.1 Å². The Kier molecular flexibility index (Phi) is 4.76. The number of hydrogen-bond acceptors (Lipinski definition) is 3. The standard InChI is InChI=1S/C15H20O3/c1-17-10-2-3-11-18-15-9-5-6-12-13(15)7-4-8-14(12)16/h5-6,9H,2-4,7-8,10-11H2,1H3. The minimum atomic E-state index is 0.251. The molecule has 1 aliphatic carbocycles. The van der Waals surface area contributed by atoms with Crippen molar-refractivity contribution in [3.8, 4) is 5.75 Å². The van der Waals surface area contributed by atoms with Crippen molar-refractivity contribution in [2.45, 2.75) is 32.1 Å². The number of ether oxygens (including phenoxy) is 2.